The van der Waals surface area contributed by atoms with E-state index in [2.05, 4.69) is 0 Å². The lowest BCUT2D eigenvalue weighted by Crippen LogP contribution is -2.34. The number of aliphatic carboxylic acids is 1. The second-order valence-corrected chi connectivity index (χ2v) is 4.10. The summed E-state index contributed by atoms with van der Waals surface area (Å²) in [5, 5.41) is 8.93. The Hall–Kier alpha value is -1.55. The number of ether oxygens (including phenoxy) is 1. The van der Waals surface area contributed by atoms with Crippen molar-refractivity contribution >= 4 is 5.97 Å². The molecule has 0 aromatic heterocycles. The van der Waals surface area contributed by atoms with Gasteiger partial charge in [-0.15, -0.1) is 0 Å². The topological polar surface area (TPSA) is 72.5 Å². The molecule has 2 rings (SSSR count). The van der Waals surface area contributed by atoms with Gasteiger partial charge in [-0.2, -0.15) is 0 Å². The molecule has 1 saturated carbocycles. The Labute approximate surface area is 94.0 Å². The maximum Gasteiger partial charge on any atom is 0.324 e. The van der Waals surface area contributed by atoms with E-state index in [4.69, 9.17) is 15.6 Å². The Kier molecular flexibility index (Phi) is 2.59. The molecule has 86 valence electrons. The van der Waals surface area contributed by atoms with Crippen LogP contribution in [0, 0.1) is 0 Å². The molecule has 1 aromatic carbocycles. The molecule has 0 amide bonds. The molecule has 2 atom stereocenters. The number of benzene rings is 1. The monoisotopic (exact) mass is 221 g/mol. The van der Waals surface area contributed by atoms with Gasteiger partial charge in [0.05, 0.1) is 6.61 Å². The molecule has 1 aliphatic rings. The summed E-state index contributed by atoms with van der Waals surface area (Å²) in [7, 11) is 0. The first-order valence-electron chi connectivity index (χ1n) is 5.33. The predicted molar refractivity (Wildman–Crippen MR) is 59.5 cm³/mol. The van der Waals surface area contributed by atoms with Gasteiger partial charge in [0.25, 0.3) is 0 Å². The van der Waals surface area contributed by atoms with Crippen LogP contribution in [0.15, 0.2) is 24.3 Å². The van der Waals surface area contributed by atoms with Crippen molar-refractivity contribution in [1.29, 1.82) is 0 Å². The molecule has 4 heteroatoms. The van der Waals surface area contributed by atoms with Gasteiger partial charge in [0.15, 0.2) is 0 Å². The van der Waals surface area contributed by atoms with Gasteiger partial charge < -0.3 is 15.6 Å². The first-order valence-corrected chi connectivity index (χ1v) is 5.33. The van der Waals surface area contributed by atoms with E-state index >= 15 is 0 Å². The summed E-state index contributed by atoms with van der Waals surface area (Å²) in [5.74, 6) is -0.197. The molecule has 16 heavy (non-hydrogen) atoms. The molecule has 1 aromatic rings. The highest BCUT2D eigenvalue weighted by atomic mass is 16.5. The lowest BCUT2D eigenvalue weighted by molar-refractivity contribution is -0.139. The molecule has 0 aliphatic heterocycles. The molecule has 1 fully saturated rings. The molecule has 3 N–H and O–H groups in total. The Balaban J connectivity index is 2.10. The van der Waals surface area contributed by atoms with Crippen molar-refractivity contribution in [3.05, 3.63) is 29.8 Å². The molecule has 0 saturated heterocycles. The van der Waals surface area contributed by atoms with Crippen LogP contribution < -0.4 is 10.5 Å². The van der Waals surface area contributed by atoms with Crippen LogP contribution in [0.25, 0.3) is 0 Å². The summed E-state index contributed by atoms with van der Waals surface area (Å²) in [6.45, 7) is 2.54. The van der Waals surface area contributed by atoms with E-state index in [9.17, 15) is 4.79 Å². The van der Waals surface area contributed by atoms with Crippen LogP contribution in [0.2, 0.25) is 0 Å². The Morgan fingerprint density at radius 3 is 2.62 bits per heavy atom. The molecule has 0 heterocycles. The number of hydrogen-bond donors (Lipinski definition) is 2. The van der Waals surface area contributed by atoms with E-state index in [-0.39, 0.29) is 5.92 Å². The quantitative estimate of drug-likeness (QED) is 0.805. The molecule has 1 aliphatic carbocycles. The molecular formula is C12H15NO3. The third kappa shape index (κ3) is 1.76. The van der Waals surface area contributed by atoms with Gasteiger partial charge in [0.2, 0.25) is 0 Å². The molecule has 0 radical (unpaired) electrons. The number of rotatable bonds is 4. The second kappa shape index (κ2) is 3.79. The largest absolute Gasteiger partial charge is 0.494 e. The van der Waals surface area contributed by atoms with Crippen molar-refractivity contribution < 1.29 is 14.6 Å². The number of carboxylic acids is 1. The average molecular weight is 221 g/mol. The number of carbonyl (C=O) groups is 1. The van der Waals surface area contributed by atoms with E-state index < -0.39 is 11.5 Å². The Bertz CT molecular complexity index is 401. The summed E-state index contributed by atoms with van der Waals surface area (Å²) >= 11 is 0. The van der Waals surface area contributed by atoms with Crippen molar-refractivity contribution in [3.8, 4) is 5.75 Å². The Morgan fingerprint density at radius 2 is 2.19 bits per heavy atom. The molecule has 0 spiro atoms. The van der Waals surface area contributed by atoms with Crippen molar-refractivity contribution in [3.63, 3.8) is 0 Å². The molecule has 0 bridgehead atoms. The van der Waals surface area contributed by atoms with E-state index in [0.717, 1.165) is 11.3 Å². The maximum absolute atomic E-state index is 10.9. The van der Waals surface area contributed by atoms with Crippen LogP contribution in [-0.4, -0.2) is 23.2 Å². The van der Waals surface area contributed by atoms with E-state index in [1.807, 2.05) is 31.2 Å². The normalized spacial score (nSPS) is 27.5. The summed E-state index contributed by atoms with van der Waals surface area (Å²) in [5.41, 5.74) is 5.64. The highest BCUT2D eigenvalue weighted by Gasteiger charge is 2.58. The molecule has 4 nitrogen and oxygen atoms in total. The maximum atomic E-state index is 10.9. The van der Waals surface area contributed by atoms with Gasteiger partial charge >= 0.3 is 5.97 Å². The van der Waals surface area contributed by atoms with E-state index in [1.54, 1.807) is 0 Å². The number of carboxylic acid groups (broad SMARTS) is 1. The standard InChI is InChI=1S/C12H15NO3/c1-2-16-9-5-3-8(4-6-9)10-7-12(10,13)11(14)15/h3-6,10H,2,7,13H2,1H3,(H,14,15)/t10-,12+/m1/s1. The predicted octanol–water partition coefficient (Wildman–Crippen LogP) is 1.35. The van der Waals surface area contributed by atoms with Gasteiger partial charge in [0, 0.05) is 5.92 Å². The lowest BCUT2D eigenvalue weighted by Gasteiger charge is -2.07. The number of nitrogens with two attached hydrogens (primary N) is 1. The first-order chi connectivity index (χ1) is 7.58. The van der Waals surface area contributed by atoms with Crippen LogP contribution in [0.5, 0.6) is 5.75 Å². The first kappa shape index (κ1) is 11.0. The Morgan fingerprint density at radius 1 is 1.56 bits per heavy atom. The van der Waals surface area contributed by atoms with Gasteiger partial charge in [-0.1, -0.05) is 12.1 Å². The fraction of sp³-hybridized carbons (Fsp3) is 0.417. The lowest BCUT2D eigenvalue weighted by atomic mass is 10.1. The van der Waals surface area contributed by atoms with Crippen LogP contribution in [0.1, 0.15) is 24.8 Å². The van der Waals surface area contributed by atoms with Crippen molar-refractivity contribution in [1.82, 2.24) is 0 Å². The minimum Gasteiger partial charge on any atom is -0.494 e. The highest BCUT2D eigenvalue weighted by molar-refractivity contribution is 5.84. The molecular weight excluding hydrogens is 206 g/mol. The van der Waals surface area contributed by atoms with Gasteiger partial charge in [-0.25, -0.2) is 0 Å². The van der Waals surface area contributed by atoms with E-state index in [0.29, 0.717) is 13.0 Å². The van der Waals surface area contributed by atoms with Crippen molar-refractivity contribution in [2.24, 2.45) is 5.73 Å². The zero-order valence-corrected chi connectivity index (χ0v) is 9.14. The minimum atomic E-state index is -1.06. The van der Waals surface area contributed by atoms with Gasteiger partial charge in [0.1, 0.15) is 11.3 Å². The molecule has 0 unspecified atom stereocenters. The van der Waals surface area contributed by atoms with Gasteiger partial charge in [-0.3, -0.25) is 4.79 Å². The average Bonchev–Trinajstić information content (AvgIpc) is 2.94. The third-order valence-electron chi connectivity index (χ3n) is 3.00. The third-order valence-corrected chi connectivity index (χ3v) is 3.00. The summed E-state index contributed by atoms with van der Waals surface area (Å²) in [4.78, 5) is 10.9. The zero-order chi connectivity index (χ0) is 11.8. The van der Waals surface area contributed by atoms with Crippen molar-refractivity contribution in [2.45, 2.75) is 24.8 Å². The summed E-state index contributed by atoms with van der Waals surface area (Å²) < 4.78 is 5.31. The van der Waals surface area contributed by atoms with Crippen LogP contribution in [0.3, 0.4) is 0 Å². The minimum absolute atomic E-state index is 0.0688. The van der Waals surface area contributed by atoms with Crippen LogP contribution in [-0.2, 0) is 4.79 Å². The van der Waals surface area contributed by atoms with Crippen molar-refractivity contribution in [2.75, 3.05) is 6.61 Å². The van der Waals surface area contributed by atoms with Crippen LogP contribution in [0.4, 0.5) is 0 Å². The van der Waals surface area contributed by atoms with Gasteiger partial charge in [-0.05, 0) is 31.0 Å². The number of hydrogen-bond acceptors (Lipinski definition) is 3. The fourth-order valence-corrected chi connectivity index (χ4v) is 1.89. The zero-order valence-electron chi connectivity index (χ0n) is 9.14. The fourth-order valence-electron chi connectivity index (χ4n) is 1.89. The summed E-state index contributed by atoms with van der Waals surface area (Å²) in [6, 6.07) is 7.46. The van der Waals surface area contributed by atoms with E-state index in [1.165, 1.54) is 0 Å². The van der Waals surface area contributed by atoms with Crippen LogP contribution >= 0.6 is 0 Å². The smallest absolute Gasteiger partial charge is 0.324 e. The highest BCUT2D eigenvalue weighted by Crippen LogP contribution is 2.49. The SMILES string of the molecule is CCOc1ccc([C@H]2C[C@@]2(N)C(=O)O)cc1. The summed E-state index contributed by atoms with van der Waals surface area (Å²) in [6.07, 6.45) is 0.510. The second-order valence-electron chi connectivity index (χ2n) is 4.10.